The lowest BCUT2D eigenvalue weighted by Gasteiger charge is -2.35. The fourth-order valence-electron chi connectivity index (χ4n) is 2.61. The summed E-state index contributed by atoms with van der Waals surface area (Å²) in [6.45, 7) is 2.82. The Bertz CT molecular complexity index is 340. The van der Waals surface area contributed by atoms with Crippen molar-refractivity contribution in [2.75, 3.05) is 13.1 Å². The average Bonchev–Trinajstić information content (AvgIpc) is 2.35. The molecule has 1 aliphatic rings. The van der Waals surface area contributed by atoms with Crippen LogP contribution in [0.15, 0.2) is 24.3 Å². The van der Waals surface area contributed by atoms with Crippen LogP contribution in [0.4, 0.5) is 4.39 Å². The first-order valence-corrected chi connectivity index (χ1v) is 6.48. The molecule has 0 radical (unpaired) electrons. The Hall–Kier alpha value is -0.640. The first kappa shape index (κ1) is 15.4. The summed E-state index contributed by atoms with van der Waals surface area (Å²) in [5.41, 5.74) is 6.85. The Morgan fingerprint density at radius 2 is 1.94 bits per heavy atom. The second-order valence-corrected chi connectivity index (χ2v) is 4.82. The van der Waals surface area contributed by atoms with E-state index in [-0.39, 0.29) is 18.2 Å². The predicted octanol–water partition coefficient (Wildman–Crippen LogP) is 2.95. The van der Waals surface area contributed by atoms with E-state index < -0.39 is 0 Å². The molecule has 1 aromatic carbocycles. The minimum absolute atomic E-state index is 0. The van der Waals surface area contributed by atoms with E-state index in [1.807, 2.05) is 12.1 Å². The molecular formula is C14H22ClFN2. The fourth-order valence-corrected chi connectivity index (χ4v) is 2.61. The van der Waals surface area contributed by atoms with Crippen molar-refractivity contribution in [2.45, 2.75) is 38.3 Å². The molecule has 1 fully saturated rings. The van der Waals surface area contributed by atoms with Gasteiger partial charge in [0.15, 0.2) is 0 Å². The van der Waals surface area contributed by atoms with E-state index in [0.29, 0.717) is 6.04 Å². The summed E-state index contributed by atoms with van der Waals surface area (Å²) >= 11 is 0. The van der Waals surface area contributed by atoms with Crippen LogP contribution in [0.2, 0.25) is 0 Å². The molecule has 2 nitrogen and oxygen atoms in total. The van der Waals surface area contributed by atoms with Gasteiger partial charge in [0.25, 0.3) is 0 Å². The zero-order valence-electron chi connectivity index (χ0n) is 10.6. The third-order valence-corrected chi connectivity index (χ3v) is 3.55. The van der Waals surface area contributed by atoms with Crippen LogP contribution >= 0.6 is 12.4 Å². The molecular weight excluding hydrogens is 251 g/mol. The van der Waals surface area contributed by atoms with Crippen LogP contribution in [0.5, 0.6) is 0 Å². The topological polar surface area (TPSA) is 29.3 Å². The van der Waals surface area contributed by atoms with Crippen molar-refractivity contribution in [3.8, 4) is 0 Å². The van der Waals surface area contributed by atoms with Gasteiger partial charge in [0, 0.05) is 12.6 Å². The number of hydrogen-bond donors (Lipinski definition) is 1. The maximum absolute atomic E-state index is 12.8. The lowest BCUT2D eigenvalue weighted by atomic mass is 9.98. The van der Waals surface area contributed by atoms with Gasteiger partial charge in [-0.3, -0.25) is 4.90 Å². The second kappa shape index (κ2) is 7.72. The molecule has 102 valence electrons. The van der Waals surface area contributed by atoms with E-state index in [9.17, 15) is 4.39 Å². The molecule has 18 heavy (non-hydrogen) atoms. The smallest absolute Gasteiger partial charge is 0.123 e. The highest BCUT2D eigenvalue weighted by Gasteiger charge is 2.21. The minimum Gasteiger partial charge on any atom is -0.330 e. The van der Waals surface area contributed by atoms with Gasteiger partial charge in [0.05, 0.1) is 0 Å². The number of halogens is 2. The van der Waals surface area contributed by atoms with Crippen molar-refractivity contribution in [3.63, 3.8) is 0 Å². The van der Waals surface area contributed by atoms with Crippen LogP contribution in [0, 0.1) is 5.82 Å². The van der Waals surface area contributed by atoms with Gasteiger partial charge in [0.1, 0.15) is 5.82 Å². The maximum Gasteiger partial charge on any atom is 0.123 e. The summed E-state index contributed by atoms with van der Waals surface area (Å²) < 4.78 is 12.8. The van der Waals surface area contributed by atoms with Crippen LogP contribution in [0.25, 0.3) is 0 Å². The van der Waals surface area contributed by atoms with Crippen molar-refractivity contribution in [1.29, 1.82) is 0 Å². The van der Waals surface area contributed by atoms with Crippen LogP contribution < -0.4 is 5.73 Å². The Morgan fingerprint density at radius 1 is 1.22 bits per heavy atom. The van der Waals surface area contributed by atoms with Crippen molar-refractivity contribution in [2.24, 2.45) is 5.73 Å². The monoisotopic (exact) mass is 272 g/mol. The zero-order chi connectivity index (χ0) is 12.1. The molecule has 1 atom stereocenters. The van der Waals surface area contributed by atoms with E-state index in [1.165, 1.54) is 37.0 Å². The average molecular weight is 273 g/mol. The molecule has 1 saturated heterocycles. The summed E-state index contributed by atoms with van der Waals surface area (Å²) in [5, 5.41) is 0. The fraction of sp³-hybridized carbons (Fsp3) is 0.571. The molecule has 0 bridgehead atoms. The molecule has 1 unspecified atom stereocenters. The number of likely N-dealkylation sites (tertiary alicyclic amines) is 1. The third-order valence-electron chi connectivity index (χ3n) is 3.55. The zero-order valence-corrected chi connectivity index (χ0v) is 11.5. The molecule has 2 rings (SSSR count). The van der Waals surface area contributed by atoms with Gasteiger partial charge in [-0.25, -0.2) is 4.39 Å². The van der Waals surface area contributed by atoms with Gasteiger partial charge in [-0.2, -0.15) is 0 Å². The predicted molar refractivity (Wildman–Crippen MR) is 75.4 cm³/mol. The Morgan fingerprint density at radius 3 is 2.61 bits per heavy atom. The molecule has 0 aromatic heterocycles. The summed E-state index contributed by atoms with van der Waals surface area (Å²) in [7, 11) is 0. The summed E-state index contributed by atoms with van der Waals surface area (Å²) in [4.78, 5) is 2.49. The maximum atomic E-state index is 12.8. The SMILES string of the molecule is Cl.NCCC1CCCCN1Cc1ccc(F)cc1. The highest BCUT2D eigenvalue weighted by atomic mass is 35.5. The van der Waals surface area contributed by atoms with Crippen molar-refractivity contribution >= 4 is 12.4 Å². The van der Waals surface area contributed by atoms with E-state index >= 15 is 0 Å². The van der Waals surface area contributed by atoms with Gasteiger partial charge >= 0.3 is 0 Å². The quantitative estimate of drug-likeness (QED) is 0.913. The number of benzene rings is 1. The van der Waals surface area contributed by atoms with E-state index in [1.54, 1.807) is 0 Å². The number of nitrogens with zero attached hydrogens (tertiary/aromatic N) is 1. The molecule has 0 amide bonds. The van der Waals surface area contributed by atoms with Crippen LogP contribution in [-0.2, 0) is 6.54 Å². The summed E-state index contributed by atoms with van der Waals surface area (Å²) in [6, 6.07) is 7.44. The van der Waals surface area contributed by atoms with Crippen LogP contribution in [0.1, 0.15) is 31.2 Å². The van der Waals surface area contributed by atoms with Crippen molar-refractivity contribution < 1.29 is 4.39 Å². The number of rotatable bonds is 4. The highest BCUT2D eigenvalue weighted by Crippen LogP contribution is 2.21. The number of piperidine rings is 1. The van der Waals surface area contributed by atoms with Crippen LogP contribution in [-0.4, -0.2) is 24.0 Å². The Labute approximate surface area is 115 Å². The molecule has 1 aliphatic heterocycles. The standard InChI is InChI=1S/C14H21FN2.ClH/c15-13-6-4-12(5-7-13)11-17-10-2-1-3-14(17)8-9-16;/h4-7,14H,1-3,8-11,16H2;1H. The number of hydrogen-bond acceptors (Lipinski definition) is 2. The van der Waals surface area contributed by atoms with Gasteiger partial charge in [-0.1, -0.05) is 18.6 Å². The first-order valence-electron chi connectivity index (χ1n) is 6.48. The normalized spacial score (nSPS) is 20.4. The van der Waals surface area contributed by atoms with E-state index in [0.717, 1.165) is 26.1 Å². The number of nitrogens with two attached hydrogens (primary N) is 1. The van der Waals surface area contributed by atoms with Crippen LogP contribution in [0.3, 0.4) is 0 Å². The Balaban J connectivity index is 0.00000162. The summed E-state index contributed by atoms with van der Waals surface area (Å²) in [6.07, 6.45) is 4.90. The lowest BCUT2D eigenvalue weighted by Crippen LogP contribution is -2.40. The van der Waals surface area contributed by atoms with Gasteiger partial charge in [-0.05, 0) is 50.0 Å². The van der Waals surface area contributed by atoms with E-state index in [4.69, 9.17) is 5.73 Å². The summed E-state index contributed by atoms with van der Waals surface area (Å²) in [5.74, 6) is -0.161. The van der Waals surface area contributed by atoms with Crippen molar-refractivity contribution in [3.05, 3.63) is 35.6 Å². The minimum atomic E-state index is -0.161. The molecule has 0 aliphatic carbocycles. The van der Waals surface area contributed by atoms with Gasteiger partial charge in [-0.15, -0.1) is 12.4 Å². The molecule has 0 saturated carbocycles. The van der Waals surface area contributed by atoms with E-state index in [2.05, 4.69) is 4.90 Å². The highest BCUT2D eigenvalue weighted by molar-refractivity contribution is 5.85. The van der Waals surface area contributed by atoms with Crippen molar-refractivity contribution in [1.82, 2.24) is 4.90 Å². The third kappa shape index (κ3) is 4.23. The lowest BCUT2D eigenvalue weighted by molar-refractivity contribution is 0.134. The first-order chi connectivity index (χ1) is 8.29. The molecule has 1 aromatic rings. The molecule has 1 heterocycles. The largest absolute Gasteiger partial charge is 0.330 e. The van der Waals surface area contributed by atoms with Gasteiger partial charge in [0.2, 0.25) is 0 Å². The van der Waals surface area contributed by atoms with Gasteiger partial charge < -0.3 is 5.73 Å². The molecule has 2 N–H and O–H groups in total. The Kier molecular flexibility index (Phi) is 6.61. The second-order valence-electron chi connectivity index (χ2n) is 4.82. The molecule has 4 heteroatoms. The molecule has 0 spiro atoms.